The molecule has 0 spiro atoms. The van der Waals surface area contributed by atoms with Gasteiger partial charge in [-0.1, -0.05) is 35.5 Å². The minimum absolute atomic E-state index is 0.0698. The third-order valence-corrected chi connectivity index (χ3v) is 6.43. The first-order valence-corrected chi connectivity index (χ1v) is 12.2. The first-order valence-electron chi connectivity index (χ1n) is 10.3. The van der Waals surface area contributed by atoms with Crippen LogP contribution in [0, 0.1) is 11.6 Å². The summed E-state index contributed by atoms with van der Waals surface area (Å²) in [6.45, 7) is 1.41. The summed E-state index contributed by atoms with van der Waals surface area (Å²) >= 11 is 0. The second-order valence-electron chi connectivity index (χ2n) is 7.99. The van der Waals surface area contributed by atoms with Crippen molar-refractivity contribution in [3.8, 4) is 11.1 Å². The summed E-state index contributed by atoms with van der Waals surface area (Å²) in [4.78, 5) is 7.79. The highest BCUT2D eigenvalue weighted by atomic mass is 32.2. The van der Waals surface area contributed by atoms with Crippen molar-refractivity contribution in [2.45, 2.75) is 37.8 Å². The van der Waals surface area contributed by atoms with Crippen molar-refractivity contribution in [2.75, 3.05) is 19.3 Å². The summed E-state index contributed by atoms with van der Waals surface area (Å²) < 4.78 is 54.5. The van der Waals surface area contributed by atoms with Crippen LogP contribution in [-0.4, -0.2) is 44.5 Å². The van der Waals surface area contributed by atoms with E-state index in [1.54, 1.807) is 18.2 Å². The molecule has 6 nitrogen and oxygen atoms in total. The number of benzene rings is 2. The Kier molecular flexibility index (Phi) is 6.24. The zero-order valence-electron chi connectivity index (χ0n) is 17.2. The van der Waals surface area contributed by atoms with Gasteiger partial charge in [0.1, 0.15) is 17.5 Å². The molecule has 1 unspecified atom stereocenters. The first kappa shape index (κ1) is 21.7. The van der Waals surface area contributed by atoms with Crippen molar-refractivity contribution >= 4 is 15.9 Å². The SMILES string of the molecule is CS(=O)(=O)N[C@H]1CCCN(C2=NOC(c3ccccc3-c3c(F)cccc3F)C2)CC1. The van der Waals surface area contributed by atoms with Gasteiger partial charge in [0, 0.05) is 24.7 Å². The number of nitrogens with one attached hydrogen (secondary N) is 1. The van der Waals surface area contributed by atoms with Crippen LogP contribution in [0.25, 0.3) is 11.1 Å². The van der Waals surface area contributed by atoms with Gasteiger partial charge >= 0.3 is 0 Å². The molecular formula is C22H25F2N3O3S. The Morgan fingerprint density at radius 3 is 2.55 bits per heavy atom. The standard InChI is InChI=1S/C22H25F2N3O3S/c1-31(28,29)26-15-6-5-12-27(13-11-15)21-14-20(30-25-21)16-7-2-3-8-17(16)22-18(23)9-4-10-19(22)24/h2-4,7-10,15,20,26H,5-6,11-14H2,1H3/t15-,20?/m0/s1. The van der Waals surface area contributed by atoms with Crippen LogP contribution in [-0.2, 0) is 14.9 Å². The molecule has 2 aromatic carbocycles. The molecule has 166 valence electrons. The average Bonchev–Trinajstić information content (AvgIpc) is 3.08. The van der Waals surface area contributed by atoms with E-state index in [0.717, 1.165) is 25.2 Å². The molecule has 2 aromatic rings. The van der Waals surface area contributed by atoms with Crippen molar-refractivity contribution < 1.29 is 22.0 Å². The third-order valence-electron chi connectivity index (χ3n) is 5.67. The lowest BCUT2D eigenvalue weighted by molar-refractivity contribution is 0.0859. The normalized spacial score (nSPS) is 22.0. The number of amidine groups is 1. The summed E-state index contributed by atoms with van der Waals surface area (Å²) in [6, 6.07) is 10.8. The van der Waals surface area contributed by atoms with Crippen LogP contribution in [0.4, 0.5) is 8.78 Å². The Balaban J connectivity index is 1.49. The zero-order valence-corrected chi connectivity index (χ0v) is 18.0. The van der Waals surface area contributed by atoms with Gasteiger partial charge < -0.3 is 9.74 Å². The number of hydrogen-bond acceptors (Lipinski definition) is 5. The predicted molar refractivity (Wildman–Crippen MR) is 115 cm³/mol. The molecule has 2 atom stereocenters. The Labute approximate surface area is 180 Å². The number of sulfonamides is 1. The lowest BCUT2D eigenvalue weighted by Gasteiger charge is -2.22. The van der Waals surface area contributed by atoms with Crippen LogP contribution in [0.3, 0.4) is 0 Å². The molecule has 1 saturated heterocycles. The maximum Gasteiger partial charge on any atom is 0.208 e. The van der Waals surface area contributed by atoms with E-state index in [0.29, 0.717) is 30.5 Å². The van der Waals surface area contributed by atoms with Crippen LogP contribution in [0.15, 0.2) is 47.6 Å². The molecule has 0 radical (unpaired) electrons. The molecule has 0 amide bonds. The molecule has 0 bridgehead atoms. The van der Waals surface area contributed by atoms with E-state index in [-0.39, 0.29) is 11.6 Å². The number of halogens is 2. The van der Waals surface area contributed by atoms with Gasteiger partial charge in [-0.3, -0.25) is 0 Å². The number of hydrogen-bond donors (Lipinski definition) is 1. The monoisotopic (exact) mass is 449 g/mol. The van der Waals surface area contributed by atoms with Gasteiger partial charge in [-0.15, -0.1) is 0 Å². The lowest BCUT2D eigenvalue weighted by Crippen LogP contribution is -2.36. The van der Waals surface area contributed by atoms with Crippen molar-refractivity contribution in [3.63, 3.8) is 0 Å². The van der Waals surface area contributed by atoms with Crippen LogP contribution >= 0.6 is 0 Å². The molecule has 0 aromatic heterocycles. The molecule has 31 heavy (non-hydrogen) atoms. The Morgan fingerprint density at radius 1 is 1.06 bits per heavy atom. The Hall–Kier alpha value is -2.52. The van der Waals surface area contributed by atoms with Gasteiger partial charge in [0.25, 0.3) is 0 Å². The maximum absolute atomic E-state index is 14.4. The summed E-state index contributed by atoms with van der Waals surface area (Å²) in [6.07, 6.45) is 3.47. The van der Waals surface area contributed by atoms with Gasteiger partial charge in [-0.05, 0) is 37.0 Å². The van der Waals surface area contributed by atoms with Gasteiger partial charge in [-0.2, -0.15) is 0 Å². The molecular weight excluding hydrogens is 424 g/mol. The summed E-state index contributed by atoms with van der Waals surface area (Å²) in [5.74, 6) is -0.471. The smallest absolute Gasteiger partial charge is 0.208 e. The quantitative estimate of drug-likeness (QED) is 0.771. The van der Waals surface area contributed by atoms with E-state index >= 15 is 0 Å². The first-order chi connectivity index (χ1) is 14.8. The molecule has 2 heterocycles. The van der Waals surface area contributed by atoms with Crippen molar-refractivity contribution in [3.05, 3.63) is 59.7 Å². The molecule has 9 heteroatoms. The van der Waals surface area contributed by atoms with Gasteiger partial charge in [-0.25, -0.2) is 21.9 Å². The molecule has 0 aliphatic carbocycles. The van der Waals surface area contributed by atoms with Crippen molar-refractivity contribution in [1.29, 1.82) is 0 Å². The van der Waals surface area contributed by atoms with Crippen LogP contribution in [0.1, 0.15) is 37.4 Å². The molecule has 4 rings (SSSR count). The van der Waals surface area contributed by atoms with E-state index in [2.05, 4.69) is 14.8 Å². The third kappa shape index (κ3) is 5.04. The number of oxime groups is 1. The molecule has 2 aliphatic heterocycles. The zero-order chi connectivity index (χ0) is 22.0. The number of nitrogens with zero attached hydrogens (tertiary/aromatic N) is 2. The fourth-order valence-corrected chi connectivity index (χ4v) is 5.10. The van der Waals surface area contributed by atoms with E-state index in [9.17, 15) is 17.2 Å². The van der Waals surface area contributed by atoms with Crippen LogP contribution in [0.5, 0.6) is 0 Å². The molecule has 2 aliphatic rings. The highest BCUT2D eigenvalue weighted by Crippen LogP contribution is 2.37. The number of likely N-dealkylation sites (tertiary alicyclic amines) is 1. The van der Waals surface area contributed by atoms with Crippen LogP contribution in [0.2, 0.25) is 0 Å². The van der Waals surface area contributed by atoms with Crippen molar-refractivity contribution in [2.24, 2.45) is 5.16 Å². The molecule has 0 saturated carbocycles. The lowest BCUT2D eigenvalue weighted by atomic mass is 9.94. The fourth-order valence-electron chi connectivity index (χ4n) is 4.25. The minimum atomic E-state index is -3.24. The molecule has 1 fully saturated rings. The van der Waals surface area contributed by atoms with E-state index in [4.69, 9.17) is 4.84 Å². The largest absolute Gasteiger partial charge is 0.386 e. The summed E-state index contributed by atoms with van der Waals surface area (Å²) in [5, 5.41) is 4.25. The predicted octanol–water partition coefficient (Wildman–Crippen LogP) is 3.81. The highest BCUT2D eigenvalue weighted by Gasteiger charge is 2.31. The van der Waals surface area contributed by atoms with E-state index in [1.807, 2.05) is 6.07 Å². The topological polar surface area (TPSA) is 71.0 Å². The van der Waals surface area contributed by atoms with Gasteiger partial charge in [0.2, 0.25) is 10.0 Å². The second kappa shape index (κ2) is 8.92. The summed E-state index contributed by atoms with van der Waals surface area (Å²) in [5.41, 5.74) is 1.06. The average molecular weight is 450 g/mol. The molecule has 1 N–H and O–H groups in total. The maximum atomic E-state index is 14.4. The Morgan fingerprint density at radius 2 is 1.81 bits per heavy atom. The highest BCUT2D eigenvalue weighted by molar-refractivity contribution is 7.88. The van der Waals surface area contributed by atoms with E-state index in [1.165, 1.54) is 24.5 Å². The van der Waals surface area contributed by atoms with Gasteiger partial charge in [0.15, 0.2) is 6.10 Å². The van der Waals surface area contributed by atoms with Crippen LogP contribution < -0.4 is 4.72 Å². The van der Waals surface area contributed by atoms with E-state index < -0.39 is 27.8 Å². The minimum Gasteiger partial charge on any atom is -0.386 e. The fraction of sp³-hybridized carbons (Fsp3) is 0.409. The van der Waals surface area contributed by atoms with Crippen molar-refractivity contribution in [1.82, 2.24) is 9.62 Å². The van der Waals surface area contributed by atoms with Gasteiger partial charge in [0.05, 0.1) is 18.2 Å². The number of rotatable bonds is 4. The summed E-state index contributed by atoms with van der Waals surface area (Å²) in [7, 11) is -3.24. The second-order valence-corrected chi connectivity index (χ2v) is 9.77. The Bertz CT molecular complexity index is 1070.